The highest BCUT2D eigenvalue weighted by Gasteiger charge is 2.32. The molecule has 2 heteroatoms. The molecule has 3 aromatic carbocycles. The van der Waals surface area contributed by atoms with Crippen LogP contribution in [0.2, 0.25) is 0 Å². The van der Waals surface area contributed by atoms with Gasteiger partial charge in [0.25, 0.3) is 0 Å². The molecule has 0 bridgehead atoms. The number of unbranched alkanes of at least 4 members (excludes halogenated alkanes) is 10. The maximum atomic E-state index is 13.7. The van der Waals surface area contributed by atoms with Crippen LogP contribution < -0.4 is 0 Å². The summed E-state index contributed by atoms with van der Waals surface area (Å²) in [5, 5.41) is 0. The first-order valence-electron chi connectivity index (χ1n) is 16.5. The van der Waals surface area contributed by atoms with Crippen molar-refractivity contribution >= 4 is 33.9 Å². The van der Waals surface area contributed by atoms with Crippen LogP contribution in [0.5, 0.6) is 0 Å². The highest BCUT2D eigenvalue weighted by atomic mass is 16.1. The lowest BCUT2D eigenvalue weighted by Gasteiger charge is -2.11. The fourth-order valence-corrected chi connectivity index (χ4v) is 6.80. The number of hydrogen-bond acceptors (Lipinski definition) is 2. The summed E-state index contributed by atoms with van der Waals surface area (Å²) in [5.41, 5.74) is 9.82. The number of Topliss-reactive ketones (excluding diaryl/α,β-unsaturated/α-hetero) is 2. The number of ketones is 2. The minimum absolute atomic E-state index is 0.131. The summed E-state index contributed by atoms with van der Waals surface area (Å²) in [6.07, 6.45) is 16.6. The molecule has 0 fully saturated rings. The molecule has 3 aromatic rings. The molecule has 2 aliphatic carbocycles. The molecule has 218 valence electrons. The predicted molar refractivity (Wildman–Crippen MR) is 178 cm³/mol. The SMILES string of the molecule is CCCCCCCCC1=C(c2ccc(C3=C(CCCCCCCC)c4ccccc4C3=O)cc2)C(=O)c2ccccc21. The number of fused-ring (bicyclic) bond motifs is 2. The van der Waals surface area contributed by atoms with Gasteiger partial charge in [-0.2, -0.15) is 0 Å². The van der Waals surface area contributed by atoms with E-state index in [0.717, 1.165) is 70.2 Å². The van der Waals surface area contributed by atoms with E-state index >= 15 is 0 Å². The lowest BCUT2D eigenvalue weighted by atomic mass is 9.92. The van der Waals surface area contributed by atoms with Crippen LogP contribution in [-0.4, -0.2) is 11.6 Å². The molecule has 0 saturated heterocycles. The third-order valence-corrected chi connectivity index (χ3v) is 9.07. The smallest absolute Gasteiger partial charge is 0.194 e. The zero-order valence-corrected chi connectivity index (χ0v) is 25.6. The molecular formula is C40H46O2. The van der Waals surface area contributed by atoms with Gasteiger partial charge in [-0.25, -0.2) is 0 Å². The Bertz CT molecular complexity index is 1350. The minimum atomic E-state index is 0.131. The average molecular weight is 559 g/mol. The van der Waals surface area contributed by atoms with Crippen molar-refractivity contribution in [2.45, 2.75) is 104 Å². The van der Waals surface area contributed by atoms with Crippen molar-refractivity contribution in [3.05, 3.63) is 106 Å². The van der Waals surface area contributed by atoms with E-state index in [2.05, 4.69) is 50.2 Å². The van der Waals surface area contributed by atoms with Crippen LogP contribution in [0.4, 0.5) is 0 Å². The normalized spacial score (nSPS) is 14.2. The maximum Gasteiger partial charge on any atom is 0.194 e. The van der Waals surface area contributed by atoms with Crippen molar-refractivity contribution in [2.75, 3.05) is 0 Å². The lowest BCUT2D eigenvalue weighted by molar-refractivity contribution is 0.105. The molecule has 0 N–H and O–H groups in total. The second-order valence-corrected chi connectivity index (χ2v) is 12.1. The molecule has 0 saturated carbocycles. The fraction of sp³-hybridized carbons (Fsp3) is 0.400. The Morgan fingerprint density at radius 2 is 0.738 bits per heavy atom. The summed E-state index contributed by atoms with van der Waals surface area (Å²) in [7, 11) is 0. The summed E-state index contributed by atoms with van der Waals surface area (Å²) >= 11 is 0. The van der Waals surface area contributed by atoms with Crippen molar-refractivity contribution < 1.29 is 9.59 Å². The second-order valence-electron chi connectivity index (χ2n) is 12.1. The van der Waals surface area contributed by atoms with Crippen molar-refractivity contribution in [3.8, 4) is 0 Å². The zero-order chi connectivity index (χ0) is 29.3. The van der Waals surface area contributed by atoms with E-state index in [1.54, 1.807) is 0 Å². The van der Waals surface area contributed by atoms with Gasteiger partial charge in [0, 0.05) is 22.3 Å². The molecule has 2 aliphatic rings. The Balaban J connectivity index is 1.41. The first kappa shape index (κ1) is 30.0. The molecule has 0 amide bonds. The lowest BCUT2D eigenvalue weighted by Crippen LogP contribution is -2.00. The third-order valence-electron chi connectivity index (χ3n) is 9.07. The van der Waals surface area contributed by atoms with E-state index in [9.17, 15) is 9.59 Å². The van der Waals surface area contributed by atoms with Crippen LogP contribution in [0.25, 0.3) is 22.3 Å². The van der Waals surface area contributed by atoms with Crippen LogP contribution in [0, 0.1) is 0 Å². The van der Waals surface area contributed by atoms with Gasteiger partial charge in [0.2, 0.25) is 0 Å². The number of allylic oxidation sites excluding steroid dienone is 4. The molecular weight excluding hydrogens is 512 g/mol. The topological polar surface area (TPSA) is 34.1 Å². The molecule has 0 aromatic heterocycles. The number of rotatable bonds is 16. The summed E-state index contributed by atoms with van der Waals surface area (Å²) in [6.45, 7) is 4.50. The second kappa shape index (κ2) is 14.6. The summed E-state index contributed by atoms with van der Waals surface area (Å²) in [6, 6.07) is 24.4. The highest BCUT2D eigenvalue weighted by molar-refractivity contribution is 6.41. The molecule has 0 atom stereocenters. The largest absolute Gasteiger partial charge is 0.289 e. The molecule has 2 nitrogen and oxygen atoms in total. The van der Waals surface area contributed by atoms with Crippen molar-refractivity contribution in [1.82, 2.24) is 0 Å². The van der Waals surface area contributed by atoms with E-state index in [1.165, 1.54) is 75.4 Å². The van der Waals surface area contributed by atoms with Crippen molar-refractivity contribution in [1.29, 1.82) is 0 Å². The summed E-state index contributed by atoms with van der Waals surface area (Å²) < 4.78 is 0. The van der Waals surface area contributed by atoms with Crippen LogP contribution in [0.15, 0.2) is 72.8 Å². The van der Waals surface area contributed by atoms with Gasteiger partial charge in [0.15, 0.2) is 11.6 Å². The van der Waals surface area contributed by atoms with Gasteiger partial charge in [-0.3, -0.25) is 9.59 Å². The monoisotopic (exact) mass is 558 g/mol. The Kier molecular flexibility index (Phi) is 10.4. The molecule has 5 rings (SSSR count). The standard InChI is InChI=1S/C40H46O2/c1-3-5-7-9-11-13-21-33-31-19-15-17-23-35(31)39(41)37(33)29-25-27-30(28-26-29)38-34(22-14-12-10-8-6-4-2)32-20-16-18-24-36(32)40(38)42/h15-20,23-28H,3-14,21-22H2,1-2H3. The molecule has 0 unspecified atom stereocenters. The number of benzene rings is 3. The van der Waals surface area contributed by atoms with Gasteiger partial charge >= 0.3 is 0 Å². The number of hydrogen-bond donors (Lipinski definition) is 0. The van der Waals surface area contributed by atoms with E-state index in [0.29, 0.717) is 0 Å². The summed E-state index contributed by atoms with van der Waals surface area (Å²) in [5.74, 6) is 0.262. The van der Waals surface area contributed by atoms with Crippen LogP contribution in [-0.2, 0) is 0 Å². The fourth-order valence-electron chi connectivity index (χ4n) is 6.80. The maximum absolute atomic E-state index is 13.7. The van der Waals surface area contributed by atoms with Crippen molar-refractivity contribution in [2.24, 2.45) is 0 Å². The van der Waals surface area contributed by atoms with Crippen LogP contribution >= 0.6 is 0 Å². The van der Waals surface area contributed by atoms with Crippen LogP contribution in [0.1, 0.15) is 147 Å². The van der Waals surface area contributed by atoms with Gasteiger partial charge in [-0.05, 0) is 59.1 Å². The first-order valence-corrected chi connectivity index (χ1v) is 16.5. The van der Waals surface area contributed by atoms with E-state index in [-0.39, 0.29) is 11.6 Å². The highest BCUT2D eigenvalue weighted by Crippen LogP contribution is 2.43. The summed E-state index contributed by atoms with van der Waals surface area (Å²) in [4.78, 5) is 27.3. The Morgan fingerprint density at radius 1 is 0.405 bits per heavy atom. The van der Waals surface area contributed by atoms with Crippen molar-refractivity contribution in [3.63, 3.8) is 0 Å². The molecule has 0 heterocycles. The number of carbonyl (C=O) groups excluding carboxylic acids is 2. The van der Waals surface area contributed by atoms with Gasteiger partial charge in [0.05, 0.1) is 0 Å². The predicted octanol–water partition coefficient (Wildman–Crippen LogP) is 11.4. The first-order chi connectivity index (χ1) is 20.7. The van der Waals surface area contributed by atoms with Gasteiger partial charge in [-0.15, -0.1) is 0 Å². The third kappa shape index (κ3) is 6.43. The van der Waals surface area contributed by atoms with E-state index < -0.39 is 0 Å². The zero-order valence-electron chi connectivity index (χ0n) is 25.6. The average Bonchev–Trinajstić information content (AvgIpc) is 3.47. The Labute approximate surface area is 253 Å². The van der Waals surface area contributed by atoms with Gasteiger partial charge in [-0.1, -0.05) is 151 Å². The van der Waals surface area contributed by atoms with Gasteiger partial charge in [0.1, 0.15) is 0 Å². The molecule has 0 spiro atoms. The van der Waals surface area contributed by atoms with Crippen LogP contribution in [0.3, 0.4) is 0 Å². The van der Waals surface area contributed by atoms with E-state index in [4.69, 9.17) is 0 Å². The molecule has 0 radical (unpaired) electrons. The van der Waals surface area contributed by atoms with E-state index in [1.807, 2.05) is 36.4 Å². The minimum Gasteiger partial charge on any atom is -0.289 e. The number of carbonyl (C=O) groups is 2. The Morgan fingerprint density at radius 3 is 1.12 bits per heavy atom. The van der Waals surface area contributed by atoms with Gasteiger partial charge < -0.3 is 0 Å². The molecule has 0 aliphatic heterocycles. The quantitative estimate of drug-likeness (QED) is 0.164. The Hall–Kier alpha value is -3.52. The molecule has 42 heavy (non-hydrogen) atoms.